The summed E-state index contributed by atoms with van der Waals surface area (Å²) in [5, 5.41) is 13.3. The van der Waals surface area contributed by atoms with Gasteiger partial charge in [-0.15, -0.1) is 0 Å². The van der Waals surface area contributed by atoms with Crippen molar-refractivity contribution in [3.63, 3.8) is 0 Å². The highest BCUT2D eigenvalue weighted by Gasteiger charge is 2.17. The van der Waals surface area contributed by atoms with E-state index in [0.717, 1.165) is 31.8 Å². The SMILES string of the molecule is CCC(CC)C(O)CNCC1CCCC1. The van der Waals surface area contributed by atoms with Gasteiger partial charge in [-0.1, -0.05) is 39.5 Å². The molecule has 1 unspecified atom stereocenters. The number of hydrogen-bond acceptors (Lipinski definition) is 2. The van der Waals surface area contributed by atoms with Crippen molar-refractivity contribution >= 4 is 0 Å². The zero-order valence-electron chi connectivity index (χ0n) is 10.3. The lowest BCUT2D eigenvalue weighted by molar-refractivity contribution is 0.100. The minimum atomic E-state index is -0.151. The number of nitrogens with one attached hydrogen (secondary N) is 1. The Morgan fingerprint density at radius 3 is 2.33 bits per heavy atom. The van der Waals surface area contributed by atoms with Crippen molar-refractivity contribution in [3.8, 4) is 0 Å². The van der Waals surface area contributed by atoms with Crippen LogP contribution in [0.2, 0.25) is 0 Å². The topological polar surface area (TPSA) is 32.3 Å². The van der Waals surface area contributed by atoms with E-state index in [0.29, 0.717) is 5.92 Å². The molecule has 0 aromatic carbocycles. The summed E-state index contributed by atoms with van der Waals surface area (Å²) < 4.78 is 0. The Morgan fingerprint density at radius 2 is 1.80 bits per heavy atom. The van der Waals surface area contributed by atoms with Gasteiger partial charge in [0.25, 0.3) is 0 Å². The molecule has 0 amide bonds. The molecular weight excluding hydrogens is 186 g/mol. The molecule has 1 fully saturated rings. The van der Waals surface area contributed by atoms with Crippen LogP contribution < -0.4 is 5.32 Å². The van der Waals surface area contributed by atoms with E-state index in [-0.39, 0.29) is 6.10 Å². The van der Waals surface area contributed by atoms with Crippen LogP contribution >= 0.6 is 0 Å². The molecule has 1 saturated carbocycles. The van der Waals surface area contributed by atoms with Gasteiger partial charge in [0.05, 0.1) is 6.10 Å². The molecule has 2 N–H and O–H groups in total. The molecule has 1 atom stereocenters. The lowest BCUT2D eigenvalue weighted by Crippen LogP contribution is -2.34. The third-order valence-electron chi connectivity index (χ3n) is 3.85. The van der Waals surface area contributed by atoms with Crippen molar-refractivity contribution in [2.45, 2.75) is 58.5 Å². The van der Waals surface area contributed by atoms with E-state index in [1.54, 1.807) is 0 Å². The Morgan fingerprint density at radius 1 is 1.20 bits per heavy atom. The fourth-order valence-corrected chi connectivity index (χ4v) is 2.65. The van der Waals surface area contributed by atoms with Gasteiger partial charge in [-0.25, -0.2) is 0 Å². The molecule has 0 aliphatic heterocycles. The maximum Gasteiger partial charge on any atom is 0.0692 e. The second-order valence-electron chi connectivity index (χ2n) is 4.95. The van der Waals surface area contributed by atoms with Gasteiger partial charge < -0.3 is 10.4 Å². The summed E-state index contributed by atoms with van der Waals surface area (Å²) in [6, 6.07) is 0. The fraction of sp³-hybridized carbons (Fsp3) is 1.00. The lowest BCUT2D eigenvalue weighted by Gasteiger charge is -2.21. The Labute approximate surface area is 94.5 Å². The van der Waals surface area contributed by atoms with Gasteiger partial charge in [0, 0.05) is 6.54 Å². The zero-order chi connectivity index (χ0) is 11.1. The average Bonchev–Trinajstić information content (AvgIpc) is 2.72. The quantitative estimate of drug-likeness (QED) is 0.681. The molecule has 0 heterocycles. The number of hydrogen-bond donors (Lipinski definition) is 2. The van der Waals surface area contributed by atoms with Crippen LogP contribution in [0.5, 0.6) is 0 Å². The summed E-state index contributed by atoms with van der Waals surface area (Å²) in [7, 11) is 0. The van der Waals surface area contributed by atoms with Crippen LogP contribution in [-0.4, -0.2) is 24.3 Å². The predicted molar refractivity (Wildman–Crippen MR) is 64.9 cm³/mol. The average molecular weight is 213 g/mol. The van der Waals surface area contributed by atoms with E-state index in [1.165, 1.54) is 25.7 Å². The van der Waals surface area contributed by atoms with E-state index in [9.17, 15) is 5.11 Å². The number of aliphatic hydroxyl groups excluding tert-OH is 1. The molecule has 0 bridgehead atoms. The molecule has 1 rings (SSSR count). The Hall–Kier alpha value is -0.0800. The highest BCUT2D eigenvalue weighted by molar-refractivity contribution is 4.73. The normalized spacial score (nSPS) is 20.0. The molecule has 0 aromatic rings. The van der Waals surface area contributed by atoms with Crippen molar-refractivity contribution < 1.29 is 5.11 Å². The van der Waals surface area contributed by atoms with Gasteiger partial charge in [0.1, 0.15) is 0 Å². The first-order chi connectivity index (χ1) is 7.27. The highest BCUT2D eigenvalue weighted by Crippen LogP contribution is 2.23. The summed E-state index contributed by atoms with van der Waals surface area (Å²) in [5.41, 5.74) is 0. The van der Waals surface area contributed by atoms with Crippen LogP contribution in [0.3, 0.4) is 0 Å². The first-order valence-electron chi connectivity index (χ1n) is 6.66. The van der Waals surface area contributed by atoms with Gasteiger partial charge in [-0.05, 0) is 31.2 Å². The maximum atomic E-state index is 9.92. The van der Waals surface area contributed by atoms with Crippen molar-refractivity contribution in [2.75, 3.05) is 13.1 Å². The Bertz CT molecular complexity index is 151. The smallest absolute Gasteiger partial charge is 0.0692 e. The van der Waals surface area contributed by atoms with Crippen molar-refractivity contribution in [1.29, 1.82) is 0 Å². The molecule has 90 valence electrons. The monoisotopic (exact) mass is 213 g/mol. The van der Waals surface area contributed by atoms with Crippen molar-refractivity contribution in [1.82, 2.24) is 5.32 Å². The summed E-state index contributed by atoms with van der Waals surface area (Å²) >= 11 is 0. The minimum absolute atomic E-state index is 0.151. The standard InChI is InChI=1S/C13H27NO/c1-3-12(4-2)13(15)10-14-9-11-7-5-6-8-11/h11-15H,3-10H2,1-2H3. The Balaban J connectivity index is 2.07. The molecule has 1 aliphatic rings. The van der Waals surface area contributed by atoms with E-state index in [4.69, 9.17) is 0 Å². The second kappa shape index (κ2) is 7.24. The molecular formula is C13H27NO. The van der Waals surface area contributed by atoms with Gasteiger partial charge in [0.15, 0.2) is 0 Å². The highest BCUT2D eigenvalue weighted by atomic mass is 16.3. The summed E-state index contributed by atoms with van der Waals surface area (Å²) in [6.07, 6.45) is 7.60. The molecule has 0 aromatic heterocycles. The van der Waals surface area contributed by atoms with Crippen LogP contribution in [0.25, 0.3) is 0 Å². The molecule has 0 saturated heterocycles. The third-order valence-corrected chi connectivity index (χ3v) is 3.85. The van der Waals surface area contributed by atoms with Crippen molar-refractivity contribution in [3.05, 3.63) is 0 Å². The van der Waals surface area contributed by atoms with Gasteiger partial charge >= 0.3 is 0 Å². The van der Waals surface area contributed by atoms with Crippen LogP contribution in [0.4, 0.5) is 0 Å². The van der Waals surface area contributed by atoms with Crippen LogP contribution in [-0.2, 0) is 0 Å². The van der Waals surface area contributed by atoms with Gasteiger partial charge in [0.2, 0.25) is 0 Å². The van der Waals surface area contributed by atoms with E-state index in [1.807, 2.05) is 0 Å². The minimum Gasteiger partial charge on any atom is -0.392 e. The summed E-state index contributed by atoms with van der Waals surface area (Å²) in [6.45, 7) is 6.21. The predicted octanol–water partition coefficient (Wildman–Crippen LogP) is 2.56. The Kier molecular flexibility index (Phi) is 6.26. The zero-order valence-corrected chi connectivity index (χ0v) is 10.3. The van der Waals surface area contributed by atoms with E-state index >= 15 is 0 Å². The van der Waals surface area contributed by atoms with Gasteiger partial charge in [-0.3, -0.25) is 0 Å². The van der Waals surface area contributed by atoms with Gasteiger partial charge in [-0.2, -0.15) is 0 Å². The van der Waals surface area contributed by atoms with Crippen LogP contribution in [0.15, 0.2) is 0 Å². The fourth-order valence-electron chi connectivity index (χ4n) is 2.65. The molecule has 0 spiro atoms. The van der Waals surface area contributed by atoms with Crippen LogP contribution in [0.1, 0.15) is 52.4 Å². The number of aliphatic hydroxyl groups is 1. The van der Waals surface area contributed by atoms with Crippen LogP contribution in [0, 0.1) is 11.8 Å². The third kappa shape index (κ3) is 4.52. The first-order valence-corrected chi connectivity index (χ1v) is 6.66. The molecule has 2 heteroatoms. The molecule has 15 heavy (non-hydrogen) atoms. The van der Waals surface area contributed by atoms with E-state index < -0.39 is 0 Å². The lowest BCUT2D eigenvalue weighted by atomic mass is 9.96. The molecule has 2 nitrogen and oxygen atoms in total. The van der Waals surface area contributed by atoms with Crippen molar-refractivity contribution in [2.24, 2.45) is 11.8 Å². The molecule has 1 aliphatic carbocycles. The largest absolute Gasteiger partial charge is 0.392 e. The summed E-state index contributed by atoms with van der Waals surface area (Å²) in [5.74, 6) is 1.35. The second-order valence-corrected chi connectivity index (χ2v) is 4.95. The van der Waals surface area contributed by atoms with E-state index in [2.05, 4.69) is 19.2 Å². The maximum absolute atomic E-state index is 9.92. The first kappa shape index (κ1) is 13.0. The summed E-state index contributed by atoms with van der Waals surface area (Å²) in [4.78, 5) is 0. The number of rotatable bonds is 7. The molecule has 0 radical (unpaired) electrons.